The predicted octanol–water partition coefficient (Wildman–Crippen LogP) is 3.91. The molecule has 0 saturated heterocycles. The Bertz CT molecular complexity index is 624. The number of aryl methyl sites for hydroxylation is 1. The molecule has 5 heteroatoms. The Morgan fingerprint density at radius 3 is 2.84 bits per heavy atom. The van der Waals surface area contributed by atoms with Gasteiger partial charge in [-0.25, -0.2) is 4.98 Å². The zero-order valence-electron chi connectivity index (χ0n) is 15.3. The van der Waals surface area contributed by atoms with Crippen molar-refractivity contribution in [2.45, 2.75) is 46.1 Å². The highest BCUT2D eigenvalue weighted by atomic mass is 16.5. The Labute approximate surface area is 150 Å². The summed E-state index contributed by atoms with van der Waals surface area (Å²) in [5.41, 5.74) is 0.654. The van der Waals surface area contributed by atoms with E-state index >= 15 is 0 Å². The number of nitrogens with one attached hydrogen (secondary N) is 1. The molecule has 1 N–H and O–H groups in total. The van der Waals surface area contributed by atoms with E-state index in [9.17, 15) is 4.79 Å². The second-order valence-electron chi connectivity index (χ2n) is 6.70. The molecule has 0 unspecified atom stereocenters. The van der Waals surface area contributed by atoms with Crippen molar-refractivity contribution in [2.24, 2.45) is 5.92 Å². The van der Waals surface area contributed by atoms with E-state index < -0.39 is 0 Å². The van der Waals surface area contributed by atoms with Crippen LogP contribution in [-0.4, -0.2) is 28.6 Å². The molecule has 0 bridgehead atoms. The Morgan fingerprint density at radius 1 is 1.24 bits per heavy atom. The lowest BCUT2D eigenvalue weighted by Gasteiger charge is -2.10. The van der Waals surface area contributed by atoms with Gasteiger partial charge in [-0.05, 0) is 37.0 Å². The van der Waals surface area contributed by atoms with E-state index in [1.165, 1.54) is 0 Å². The van der Waals surface area contributed by atoms with Gasteiger partial charge in [0, 0.05) is 31.0 Å². The second-order valence-corrected chi connectivity index (χ2v) is 6.70. The predicted molar refractivity (Wildman–Crippen MR) is 99.8 cm³/mol. The van der Waals surface area contributed by atoms with Gasteiger partial charge in [-0.2, -0.15) is 0 Å². The minimum atomic E-state index is -0.0339. The highest BCUT2D eigenvalue weighted by Crippen LogP contribution is 2.14. The van der Waals surface area contributed by atoms with Crippen LogP contribution < -0.4 is 10.1 Å². The van der Waals surface area contributed by atoms with Crippen LogP contribution in [0.15, 0.2) is 43.0 Å². The van der Waals surface area contributed by atoms with E-state index in [1.807, 2.05) is 36.8 Å². The van der Waals surface area contributed by atoms with Crippen LogP contribution >= 0.6 is 0 Å². The van der Waals surface area contributed by atoms with Crippen molar-refractivity contribution in [2.75, 3.05) is 13.2 Å². The molecule has 136 valence electrons. The number of rotatable bonds is 11. The number of unbranched alkanes of at least 4 members (excludes halogenated alkanes) is 3. The van der Waals surface area contributed by atoms with Crippen molar-refractivity contribution in [3.05, 3.63) is 48.5 Å². The molecule has 1 heterocycles. The highest BCUT2D eigenvalue weighted by molar-refractivity contribution is 5.94. The van der Waals surface area contributed by atoms with Gasteiger partial charge in [0.1, 0.15) is 5.75 Å². The third-order valence-corrected chi connectivity index (χ3v) is 3.87. The average molecular weight is 343 g/mol. The van der Waals surface area contributed by atoms with E-state index in [1.54, 1.807) is 6.20 Å². The van der Waals surface area contributed by atoms with Gasteiger partial charge in [-0.15, -0.1) is 0 Å². The molecule has 0 spiro atoms. The first kappa shape index (κ1) is 19.0. The van der Waals surface area contributed by atoms with Crippen LogP contribution in [0.25, 0.3) is 0 Å². The van der Waals surface area contributed by atoms with Gasteiger partial charge in [0.2, 0.25) is 0 Å². The number of hydrogen-bond acceptors (Lipinski definition) is 3. The number of imidazole rings is 1. The van der Waals surface area contributed by atoms with Crippen LogP contribution in [-0.2, 0) is 6.54 Å². The molecule has 0 aliphatic carbocycles. The molecule has 1 aromatic carbocycles. The van der Waals surface area contributed by atoms with E-state index in [-0.39, 0.29) is 5.91 Å². The number of nitrogens with zero attached hydrogens (tertiary/aromatic N) is 2. The van der Waals surface area contributed by atoms with Gasteiger partial charge in [0.25, 0.3) is 5.91 Å². The maximum Gasteiger partial charge on any atom is 0.251 e. The molecule has 0 saturated carbocycles. The monoisotopic (exact) mass is 343 g/mol. The van der Waals surface area contributed by atoms with Gasteiger partial charge in [0.05, 0.1) is 12.9 Å². The lowest BCUT2D eigenvalue weighted by atomic mass is 10.1. The van der Waals surface area contributed by atoms with Gasteiger partial charge in [0.15, 0.2) is 0 Å². The van der Waals surface area contributed by atoms with Gasteiger partial charge in [-0.1, -0.05) is 32.8 Å². The smallest absolute Gasteiger partial charge is 0.251 e. The topological polar surface area (TPSA) is 56.1 Å². The summed E-state index contributed by atoms with van der Waals surface area (Å²) < 4.78 is 7.77. The SMILES string of the molecule is CC(C)COc1cccc(C(=O)NCCCCCCn2ccnc2)c1. The minimum absolute atomic E-state index is 0.0339. The molecule has 0 radical (unpaired) electrons. The summed E-state index contributed by atoms with van der Waals surface area (Å²) in [5.74, 6) is 1.18. The van der Waals surface area contributed by atoms with Crippen molar-refractivity contribution >= 4 is 5.91 Å². The molecule has 25 heavy (non-hydrogen) atoms. The fourth-order valence-electron chi connectivity index (χ4n) is 2.49. The normalized spacial score (nSPS) is 10.8. The summed E-state index contributed by atoms with van der Waals surface area (Å²) in [6.45, 7) is 6.58. The molecule has 1 amide bonds. The Balaban J connectivity index is 1.60. The fourth-order valence-corrected chi connectivity index (χ4v) is 2.49. The molecule has 2 aromatic rings. The quantitative estimate of drug-likeness (QED) is 0.629. The molecule has 0 aliphatic rings. The minimum Gasteiger partial charge on any atom is -0.493 e. The molecule has 5 nitrogen and oxygen atoms in total. The number of hydrogen-bond donors (Lipinski definition) is 1. The number of amides is 1. The van der Waals surface area contributed by atoms with Crippen LogP contribution in [0, 0.1) is 5.92 Å². The Morgan fingerprint density at radius 2 is 2.08 bits per heavy atom. The van der Waals surface area contributed by atoms with Crippen molar-refractivity contribution in [3.63, 3.8) is 0 Å². The lowest BCUT2D eigenvalue weighted by molar-refractivity contribution is 0.0952. The summed E-state index contributed by atoms with van der Waals surface area (Å²) in [6, 6.07) is 7.38. The Kier molecular flexibility index (Phi) is 8.02. The molecular formula is C20H29N3O2. The first-order chi connectivity index (χ1) is 12.1. The van der Waals surface area contributed by atoms with Gasteiger partial charge in [-0.3, -0.25) is 4.79 Å². The third-order valence-electron chi connectivity index (χ3n) is 3.87. The summed E-state index contributed by atoms with van der Waals surface area (Å²) >= 11 is 0. The van der Waals surface area contributed by atoms with E-state index in [2.05, 4.69) is 28.7 Å². The molecule has 0 aliphatic heterocycles. The maximum absolute atomic E-state index is 12.2. The standard InChI is InChI=1S/C20H29N3O2/c1-17(2)15-25-19-9-7-8-18(14-19)20(24)22-10-5-3-4-6-12-23-13-11-21-16-23/h7-9,11,13-14,16-17H,3-6,10,12,15H2,1-2H3,(H,22,24). The average Bonchev–Trinajstić information content (AvgIpc) is 3.12. The number of benzene rings is 1. The summed E-state index contributed by atoms with van der Waals surface area (Å²) in [7, 11) is 0. The first-order valence-electron chi connectivity index (χ1n) is 9.12. The van der Waals surface area contributed by atoms with E-state index in [4.69, 9.17) is 4.74 Å². The van der Waals surface area contributed by atoms with Crippen molar-refractivity contribution in [3.8, 4) is 5.75 Å². The van der Waals surface area contributed by atoms with Crippen LogP contribution in [0.3, 0.4) is 0 Å². The number of carbonyl (C=O) groups is 1. The molecule has 1 aromatic heterocycles. The summed E-state index contributed by atoms with van der Waals surface area (Å²) in [4.78, 5) is 16.2. The van der Waals surface area contributed by atoms with Crippen molar-refractivity contribution < 1.29 is 9.53 Å². The van der Waals surface area contributed by atoms with Crippen LogP contribution in [0.1, 0.15) is 49.9 Å². The second kappa shape index (κ2) is 10.5. The van der Waals surface area contributed by atoms with Crippen LogP contribution in [0.4, 0.5) is 0 Å². The Hall–Kier alpha value is -2.30. The van der Waals surface area contributed by atoms with Crippen LogP contribution in [0.5, 0.6) is 5.75 Å². The zero-order chi connectivity index (χ0) is 17.9. The number of aromatic nitrogens is 2. The molecular weight excluding hydrogens is 314 g/mol. The largest absolute Gasteiger partial charge is 0.493 e. The number of ether oxygens (including phenoxy) is 1. The van der Waals surface area contributed by atoms with E-state index in [0.29, 0.717) is 24.6 Å². The first-order valence-corrected chi connectivity index (χ1v) is 9.12. The summed E-state index contributed by atoms with van der Waals surface area (Å²) in [6.07, 6.45) is 10.1. The maximum atomic E-state index is 12.2. The number of carbonyl (C=O) groups excluding carboxylic acids is 1. The molecule has 0 atom stereocenters. The van der Waals surface area contributed by atoms with Crippen molar-refractivity contribution in [1.29, 1.82) is 0 Å². The van der Waals surface area contributed by atoms with E-state index in [0.717, 1.165) is 38.0 Å². The fraction of sp³-hybridized carbons (Fsp3) is 0.500. The highest BCUT2D eigenvalue weighted by Gasteiger charge is 2.06. The third kappa shape index (κ3) is 7.42. The molecule has 2 rings (SSSR count). The van der Waals surface area contributed by atoms with Gasteiger partial charge < -0.3 is 14.6 Å². The van der Waals surface area contributed by atoms with Crippen LogP contribution in [0.2, 0.25) is 0 Å². The zero-order valence-corrected chi connectivity index (χ0v) is 15.3. The van der Waals surface area contributed by atoms with Gasteiger partial charge >= 0.3 is 0 Å². The lowest BCUT2D eigenvalue weighted by Crippen LogP contribution is -2.24. The summed E-state index contributed by atoms with van der Waals surface area (Å²) in [5, 5.41) is 2.99. The van der Waals surface area contributed by atoms with Crippen molar-refractivity contribution in [1.82, 2.24) is 14.9 Å². The molecule has 0 fully saturated rings.